The first-order valence-corrected chi connectivity index (χ1v) is 6.73. The molecule has 1 aliphatic carbocycles. The molecule has 0 unspecified atom stereocenters. The highest BCUT2D eigenvalue weighted by Gasteiger charge is 2.39. The van der Waals surface area contributed by atoms with Crippen LogP contribution in [0.25, 0.3) is 11.2 Å². The lowest BCUT2D eigenvalue weighted by Crippen LogP contribution is -2.41. The van der Waals surface area contributed by atoms with Crippen LogP contribution in [0.4, 0.5) is 0 Å². The van der Waals surface area contributed by atoms with Crippen LogP contribution in [0.1, 0.15) is 38.4 Å². The molecular formula is C13H16ClN3. The number of hydrogen-bond acceptors (Lipinski definition) is 2. The second kappa shape index (κ2) is 3.98. The topological polar surface area (TPSA) is 30.7 Å². The van der Waals surface area contributed by atoms with E-state index in [2.05, 4.69) is 21.5 Å². The van der Waals surface area contributed by atoms with Crippen LogP contribution in [0.3, 0.4) is 0 Å². The van der Waals surface area contributed by atoms with Crippen molar-refractivity contribution in [3.63, 3.8) is 0 Å². The van der Waals surface area contributed by atoms with E-state index in [4.69, 9.17) is 11.6 Å². The number of fused-ring (bicyclic) bond motifs is 1. The Labute approximate surface area is 106 Å². The molecule has 0 bridgehead atoms. The van der Waals surface area contributed by atoms with Crippen molar-refractivity contribution < 1.29 is 0 Å². The fourth-order valence-electron chi connectivity index (χ4n) is 2.87. The van der Waals surface area contributed by atoms with Gasteiger partial charge in [0.15, 0.2) is 5.65 Å². The largest absolute Gasteiger partial charge is 0.305 e. The van der Waals surface area contributed by atoms with Crippen molar-refractivity contribution in [3.05, 3.63) is 24.2 Å². The van der Waals surface area contributed by atoms with Crippen LogP contribution in [-0.4, -0.2) is 14.5 Å². The molecular weight excluding hydrogens is 234 g/mol. The van der Waals surface area contributed by atoms with Crippen LogP contribution in [0.15, 0.2) is 18.3 Å². The molecule has 2 aromatic heterocycles. The van der Waals surface area contributed by atoms with E-state index in [1.165, 1.54) is 19.3 Å². The Morgan fingerprint density at radius 1 is 1.47 bits per heavy atom. The standard InChI is InChI=1S/C13H16ClN3/c1-2-13(6-4-7-13)17-11(9-14)16-10-5-3-8-15-12(10)17/h3,5,8H,2,4,6-7,9H2,1H3. The Balaban J connectivity index is 2.25. The molecule has 17 heavy (non-hydrogen) atoms. The minimum Gasteiger partial charge on any atom is -0.305 e. The van der Waals surface area contributed by atoms with Gasteiger partial charge in [0.2, 0.25) is 0 Å². The predicted octanol–water partition coefficient (Wildman–Crippen LogP) is 3.46. The summed E-state index contributed by atoms with van der Waals surface area (Å²) in [5.74, 6) is 1.42. The third kappa shape index (κ3) is 1.48. The Hall–Kier alpha value is -1.09. The molecule has 0 spiro atoms. The first kappa shape index (κ1) is 11.0. The molecule has 2 aromatic rings. The van der Waals surface area contributed by atoms with Crippen LogP contribution in [-0.2, 0) is 11.4 Å². The lowest BCUT2D eigenvalue weighted by atomic mass is 9.74. The number of hydrogen-bond donors (Lipinski definition) is 0. The lowest BCUT2D eigenvalue weighted by molar-refractivity contribution is 0.137. The zero-order valence-electron chi connectivity index (χ0n) is 9.99. The molecule has 2 heterocycles. The molecule has 0 N–H and O–H groups in total. The number of pyridine rings is 1. The Bertz CT molecular complexity index is 537. The second-order valence-corrected chi connectivity index (χ2v) is 5.04. The van der Waals surface area contributed by atoms with Gasteiger partial charge in [-0.3, -0.25) is 0 Å². The fourth-order valence-corrected chi connectivity index (χ4v) is 3.05. The monoisotopic (exact) mass is 249 g/mol. The highest BCUT2D eigenvalue weighted by atomic mass is 35.5. The quantitative estimate of drug-likeness (QED) is 0.780. The van der Waals surface area contributed by atoms with Crippen molar-refractivity contribution >= 4 is 22.8 Å². The van der Waals surface area contributed by atoms with Crippen molar-refractivity contribution in [2.45, 2.75) is 44.0 Å². The SMILES string of the molecule is CCC1(n2c(CCl)nc3cccnc32)CCC1. The Morgan fingerprint density at radius 3 is 2.88 bits per heavy atom. The normalized spacial score (nSPS) is 18.2. The number of rotatable bonds is 3. The zero-order chi connectivity index (χ0) is 11.9. The first-order valence-electron chi connectivity index (χ1n) is 6.19. The van der Waals surface area contributed by atoms with Gasteiger partial charge in [0, 0.05) is 11.7 Å². The fraction of sp³-hybridized carbons (Fsp3) is 0.538. The minimum atomic E-state index is 0.216. The van der Waals surface area contributed by atoms with Crippen LogP contribution >= 0.6 is 11.6 Å². The number of aromatic nitrogens is 3. The molecule has 0 amide bonds. The van der Waals surface area contributed by atoms with E-state index in [1.54, 1.807) is 0 Å². The van der Waals surface area contributed by atoms with Gasteiger partial charge in [-0.2, -0.15) is 0 Å². The molecule has 3 rings (SSSR count). The molecule has 0 aromatic carbocycles. The van der Waals surface area contributed by atoms with Crippen molar-refractivity contribution in [2.24, 2.45) is 0 Å². The van der Waals surface area contributed by atoms with Gasteiger partial charge >= 0.3 is 0 Å². The van der Waals surface area contributed by atoms with Crippen LogP contribution < -0.4 is 0 Å². The van der Waals surface area contributed by atoms with Gasteiger partial charge in [-0.25, -0.2) is 9.97 Å². The summed E-state index contributed by atoms with van der Waals surface area (Å²) >= 11 is 6.04. The van der Waals surface area contributed by atoms with Crippen molar-refractivity contribution in [3.8, 4) is 0 Å². The average Bonchev–Trinajstić information content (AvgIpc) is 2.68. The van der Waals surface area contributed by atoms with Gasteiger partial charge in [0.25, 0.3) is 0 Å². The molecule has 1 aliphatic rings. The van der Waals surface area contributed by atoms with E-state index in [9.17, 15) is 0 Å². The van der Waals surface area contributed by atoms with Crippen molar-refractivity contribution in [2.75, 3.05) is 0 Å². The number of imidazole rings is 1. The van der Waals surface area contributed by atoms with Gasteiger partial charge in [-0.15, -0.1) is 11.6 Å². The van der Waals surface area contributed by atoms with Crippen LogP contribution in [0, 0.1) is 0 Å². The van der Waals surface area contributed by atoms with Gasteiger partial charge < -0.3 is 4.57 Å². The highest BCUT2D eigenvalue weighted by Crippen LogP contribution is 2.44. The summed E-state index contributed by atoms with van der Waals surface area (Å²) in [6.07, 6.45) is 6.69. The van der Waals surface area contributed by atoms with E-state index in [-0.39, 0.29) is 5.54 Å². The summed E-state index contributed by atoms with van der Waals surface area (Å²) in [7, 11) is 0. The lowest BCUT2D eigenvalue weighted by Gasteiger charge is -2.43. The molecule has 0 atom stereocenters. The molecule has 1 fully saturated rings. The molecule has 0 saturated heterocycles. The highest BCUT2D eigenvalue weighted by molar-refractivity contribution is 6.16. The zero-order valence-corrected chi connectivity index (χ0v) is 10.7. The summed E-state index contributed by atoms with van der Waals surface area (Å²) in [5.41, 5.74) is 2.17. The minimum absolute atomic E-state index is 0.216. The van der Waals surface area contributed by atoms with Crippen LogP contribution in [0.5, 0.6) is 0 Å². The van der Waals surface area contributed by atoms with E-state index >= 15 is 0 Å². The molecule has 1 saturated carbocycles. The van der Waals surface area contributed by atoms with Crippen LogP contribution in [0.2, 0.25) is 0 Å². The van der Waals surface area contributed by atoms with Gasteiger partial charge in [0.05, 0.1) is 5.88 Å². The summed E-state index contributed by atoms with van der Waals surface area (Å²) < 4.78 is 2.29. The van der Waals surface area contributed by atoms with E-state index in [0.29, 0.717) is 5.88 Å². The van der Waals surface area contributed by atoms with Crippen molar-refractivity contribution in [1.29, 1.82) is 0 Å². The second-order valence-electron chi connectivity index (χ2n) is 4.77. The van der Waals surface area contributed by atoms with E-state index < -0.39 is 0 Å². The Kier molecular flexibility index (Phi) is 2.58. The molecule has 90 valence electrons. The number of nitrogens with zero attached hydrogens (tertiary/aromatic N) is 3. The first-order chi connectivity index (χ1) is 8.30. The Morgan fingerprint density at radius 2 is 2.29 bits per heavy atom. The summed E-state index contributed by atoms with van der Waals surface area (Å²) in [6.45, 7) is 2.24. The average molecular weight is 250 g/mol. The van der Waals surface area contributed by atoms with Crippen molar-refractivity contribution in [1.82, 2.24) is 14.5 Å². The third-order valence-electron chi connectivity index (χ3n) is 4.02. The van der Waals surface area contributed by atoms with Gasteiger partial charge in [-0.05, 0) is 37.8 Å². The summed E-state index contributed by atoms with van der Waals surface area (Å²) in [4.78, 5) is 9.08. The third-order valence-corrected chi connectivity index (χ3v) is 4.26. The van der Waals surface area contributed by atoms with E-state index in [1.807, 2.05) is 18.3 Å². The summed E-state index contributed by atoms with van der Waals surface area (Å²) in [5, 5.41) is 0. The van der Waals surface area contributed by atoms with Gasteiger partial charge in [0.1, 0.15) is 11.3 Å². The maximum absolute atomic E-state index is 6.04. The smallest absolute Gasteiger partial charge is 0.160 e. The number of halogens is 1. The molecule has 4 heteroatoms. The predicted molar refractivity (Wildman–Crippen MR) is 69.2 cm³/mol. The number of alkyl halides is 1. The maximum Gasteiger partial charge on any atom is 0.160 e. The van der Waals surface area contributed by atoms with E-state index in [0.717, 1.165) is 23.4 Å². The summed E-state index contributed by atoms with van der Waals surface area (Å²) in [6, 6.07) is 3.94. The molecule has 0 radical (unpaired) electrons. The van der Waals surface area contributed by atoms with Gasteiger partial charge in [-0.1, -0.05) is 6.92 Å². The molecule has 0 aliphatic heterocycles. The maximum atomic E-state index is 6.04. The molecule has 3 nitrogen and oxygen atoms in total.